The van der Waals surface area contributed by atoms with Crippen molar-refractivity contribution in [3.05, 3.63) is 35.9 Å². The van der Waals surface area contributed by atoms with E-state index in [0.717, 1.165) is 25.9 Å². The Bertz CT molecular complexity index is 439. The van der Waals surface area contributed by atoms with E-state index in [2.05, 4.69) is 29.6 Å². The molecule has 1 aliphatic carbocycles. The molecular formula is C16H22N2O. The number of carbonyl (C=O) groups is 1. The van der Waals surface area contributed by atoms with Crippen molar-refractivity contribution in [2.45, 2.75) is 31.2 Å². The quantitative estimate of drug-likeness (QED) is 0.899. The molecule has 0 spiro atoms. The average Bonchev–Trinajstić information content (AvgIpc) is 3.28. The summed E-state index contributed by atoms with van der Waals surface area (Å²) < 4.78 is 0. The van der Waals surface area contributed by atoms with Crippen molar-refractivity contribution in [1.29, 1.82) is 0 Å². The van der Waals surface area contributed by atoms with Gasteiger partial charge in [0.25, 0.3) is 0 Å². The molecule has 0 radical (unpaired) electrons. The van der Waals surface area contributed by atoms with E-state index < -0.39 is 0 Å². The van der Waals surface area contributed by atoms with E-state index >= 15 is 0 Å². The smallest absolute Gasteiger partial charge is 0.226 e. The fourth-order valence-corrected chi connectivity index (χ4v) is 3.14. The van der Waals surface area contributed by atoms with E-state index in [1.807, 2.05) is 18.0 Å². The van der Waals surface area contributed by atoms with E-state index in [-0.39, 0.29) is 5.92 Å². The molecule has 1 saturated heterocycles. The highest BCUT2D eigenvalue weighted by atomic mass is 16.2. The first-order valence-electron chi connectivity index (χ1n) is 7.29. The highest BCUT2D eigenvalue weighted by Crippen LogP contribution is 2.48. The number of benzene rings is 1. The molecule has 102 valence electrons. The van der Waals surface area contributed by atoms with Gasteiger partial charge in [0, 0.05) is 25.6 Å². The molecule has 2 aliphatic rings. The Hall–Kier alpha value is -1.35. The Morgan fingerprint density at radius 1 is 1.32 bits per heavy atom. The summed E-state index contributed by atoms with van der Waals surface area (Å²) in [6.45, 7) is 2.04. The van der Waals surface area contributed by atoms with Crippen LogP contribution in [0, 0.1) is 5.92 Å². The van der Waals surface area contributed by atoms with Crippen LogP contribution in [0.1, 0.15) is 30.7 Å². The van der Waals surface area contributed by atoms with Gasteiger partial charge in [-0.1, -0.05) is 30.3 Å². The number of hydrogen-bond donors (Lipinski definition) is 1. The Kier molecular flexibility index (Phi) is 3.56. The monoisotopic (exact) mass is 258 g/mol. The van der Waals surface area contributed by atoms with Crippen molar-refractivity contribution in [3.63, 3.8) is 0 Å². The second kappa shape index (κ2) is 5.33. The minimum Gasteiger partial charge on any atom is -0.341 e. The second-order valence-electron chi connectivity index (χ2n) is 5.81. The molecule has 1 amide bonds. The zero-order valence-corrected chi connectivity index (χ0v) is 11.5. The van der Waals surface area contributed by atoms with Crippen LogP contribution in [0.25, 0.3) is 0 Å². The summed E-state index contributed by atoms with van der Waals surface area (Å²) in [5.74, 6) is 1.00. The van der Waals surface area contributed by atoms with Crippen LogP contribution in [0.15, 0.2) is 30.3 Å². The van der Waals surface area contributed by atoms with Crippen molar-refractivity contribution in [2.75, 3.05) is 20.1 Å². The Morgan fingerprint density at radius 2 is 2.11 bits per heavy atom. The van der Waals surface area contributed by atoms with Crippen LogP contribution < -0.4 is 5.32 Å². The molecule has 1 aromatic rings. The molecule has 3 heteroatoms. The van der Waals surface area contributed by atoms with Crippen LogP contribution >= 0.6 is 0 Å². The third kappa shape index (κ3) is 2.66. The number of rotatable bonds is 3. The lowest BCUT2D eigenvalue weighted by Crippen LogP contribution is -2.47. The molecule has 1 N–H and O–H groups in total. The van der Waals surface area contributed by atoms with E-state index in [0.29, 0.717) is 17.9 Å². The van der Waals surface area contributed by atoms with Crippen molar-refractivity contribution >= 4 is 5.91 Å². The van der Waals surface area contributed by atoms with Crippen LogP contribution in [0.2, 0.25) is 0 Å². The fraction of sp³-hybridized carbons (Fsp3) is 0.562. The predicted octanol–water partition coefficient (Wildman–Crippen LogP) is 2.00. The van der Waals surface area contributed by atoms with Crippen molar-refractivity contribution < 1.29 is 4.79 Å². The molecule has 1 aliphatic heterocycles. The van der Waals surface area contributed by atoms with E-state index in [4.69, 9.17) is 0 Å². The third-order valence-electron chi connectivity index (χ3n) is 4.50. The molecule has 1 heterocycles. The number of nitrogens with one attached hydrogen (secondary N) is 1. The molecule has 2 fully saturated rings. The Balaban J connectivity index is 1.60. The van der Waals surface area contributed by atoms with Crippen molar-refractivity contribution in [2.24, 2.45) is 5.92 Å². The molecule has 19 heavy (non-hydrogen) atoms. The van der Waals surface area contributed by atoms with Crippen LogP contribution in [-0.4, -0.2) is 37.0 Å². The van der Waals surface area contributed by atoms with E-state index in [9.17, 15) is 4.79 Å². The van der Waals surface area contributed by atoms with Gasteiger partial charge >= 0.3 is 0 Å². The topological polar surface area (TPSA) is 32.3 Å². The van der Waals surface area contributed by atoms with Gasteiger partial charge in [-0.3, -0.25) is 4.79 Å². The summed E-state index contributed by atoms with van der Waals surface area (Å²) in [6, 6.07) is 10.8. The van der Waals surface area contributed by atoms with Crippen molar-refractivity contribution in [1.82, 2.24) is 10.2 Å². The largest absolute Gasteiger partial charge is 0.341 e. The molecular weight excluding hydrogens is 236 g/mol. The van der Waals surface area contributed by atoms with Gasteiger partial charge in [-0.15, -0.1) is 0 Å². The first-order chi connectivity index (χ1) is 9.27. The highest BCUT2D eigenvalue weighted by Gasteiger charge is 2.45. The van der Waals surface area contributed by atoms with E-state index in [1.54, 1.807) is 0 Å². The zero-order chi connectivity index (χ0) is 13.2. The Morgan fingerprint density at radius 3 is 2.79 bits per heavy atom. The van der Waals surface area contributed by atoms with Crippen LogP contribution in [0.4, 0.5) is 0 Å². The number of amides is 1. The SMILES string of the molecule is CN(C(=O)[C@@H]1C[C@H]1c1ccccc1)[C@H]1CCCNC1. The standard InChI is InChI=1S/C16H22N2O/c1-18(13-8-5-9-17-11-13)16(19)15-10-14(15)12-6-3-2-4-7-12/h2-4,6-7,13-15,17H,5,8-11H2,1H3/t13-,14-,15+/m0/s1. The molecule has 3 rings (SSSR count). The van der Waals surface area contributed by atoms with Gasteiger partial charge in [0.05, 0.1) is 0 Å². The average molecular weight is 258 g/mol. The van der Waals surface area contributed by atoms with Gasteiger partial charge in [-0.2, -0.15) is 0 Å². The van der Waals surface area contributed by atoms with Gasteiger partial charge in [0.1, 0.15) is 0 Å². The minimum atomic E-state index is 0.217. The molecule has 1 saturated carbocycles. The maximum atomic E-state index is 12.5. The lowest BCUT2D eigenvalue weighted by molar-refractivity contribution is -0.133. The van der Waals surface area contributed by atoms with Crippen LogP contribution in [-0.2, 0) is 4.79 Å². The zero-order valence-electron chi connectivity index (χ0n) is 11.5. The summed E-state index contributed by atoms with van der Waals surface area (Å²) in [5.41, 5.74) is 1.32. The maximum absolute atomic E-state index is 12.5. The van der Waals surface area contributed by atoms with Gasteiger partial charge in [0.15, 0.2) is 0 Å². The number of piperidine rings is 1. The second-order valence-corrected chi connectivity index (χ2v) is 5.81. The lowest BCUT2D eigenvalue weighted by atomic mass is 10.0. The first kappa shape index (κ1) is 12.7. The molecule has 0 bridgehead atoms. The number of likely N-dealkylation sites (N-methyl/N-ethyl adjacent to an activating group) is 1. The molecule has 1 aromatic carbocycles. The van der Waals surface area contributed by atoms with E-state index in [1.165, 1.54) is 12.0 Å². The summed E-state index contributed by atoms with van der Waals surface area (Å²) in [4.78, 5) is 14.5. The van der Waals surface area contributed by atoms with Crippen LogP contribution in [0.5, 0.6) is 0 Å². The summed E-state index contributed by atoms with van der Waals surface area (Å²) in [5, 5.41) is 3.38. The normalized spacial score (nSPS) is 29.8. The summed E-state index contributed by atoms with van der Waals surface area (Å²) in [6.07, 6.45) is 3.33. The predicted molar refractivity (Wildman–Crippen MR) is 76.0 cm³/mol. The first-order valence-corrected chi connectivity index (χ1v) is 7.29. The van der Waals surface area contributed by atoms with Crippen molar-refractivity contribution in [3.8, 4) is 0 Å². The van der Waals surface area contributed by atoms with Gasteiger partial charge in [-0.05, 0) is 37.3 Å². The van der Waals surface area contributed by atoms with Gasteiger partial charge < -0.3 is 10.2 Å². The minimum absolute atomic E-state index is 0.217. The summed E-state index contributed by atoms with van der Waals surface area (Å²) in [7, 11) is 1.97. The number of nitrogens with zero attached hydrogens (tertiary/aromatic N) is 1. The molecule has 3 atom stereocenters. The number of hydrogen-bond acceptors (Lipinski definition) is 2. The fourth-order valence-electron chi connectivity index (χ4n) is 3.14. The molecule has 3 nitrogen and oxygen atoms in total. The third-order valence-corrected chi connectivity index (χ3v) is 4.50. The maximum Gasteiger partial charge on any atom is 0.226 e. The molecule has 0 unspecified atom stereocenters. The lowest BCUT2D eigenvalue weighted by Gasteiger charge is -2.32. The number of carbonyl (C=O) groups excluding carboxylic acids is 1. The Labute approximate surface area is 115 Å². The summed E-state index contributed by atoms with van der Waals surface area (Å²) >= 11 is 0. The highest BCUT2D eigenvalue weighted by molar-refractivity contribution is 5.83. The van der Waals surface area contributed by atoms with Gasteiger partial charge in [-0.25, -0.2) is 0 Å². The van der Waals surface area contributed by atoms with Crippen LogP contribution in [0.3, 0.4) is 0 Å². The molecule has 0 aromatic heterocycles. The van der Waals surface area contributed by atoms with Gasteiger partial charge in [0.2, 0.25) is 5.91 Å².